The van der Waals surface area contributed by atoms with Crippen LogP contribution in [0.4, 0.5) is 5.69 Å². The Morgan fingerprint density at radius 1 is 1.42 bits per heavy atom. The normalized spacial score (nSPS) is 10.7. The van der Waals surface area contributed by atoms with E-state index in [4.69, 9.17) is 11.6 Å². The van der Waals surface area contributed by atoms with Gasteiger partial charge in [0.1, 0.15) is 5.82 Å². The van der Waals surface area contributed by atoms with Gasteiger partial charge in [0, 0.05) is 49.3 Å². The first kappa shape index (κ1) is 13.9. The Morgan fingerprint density at radius 3 is 2.84 bits per heavy atom. The summed E-state index contributed by atoms with van der Waals surface area (Å²) in [4.78, 5) is 6.52. The van der Waals surface area contributed by atoms with Crippen molar-refractivity contribution in [2.45, 2.75) is 13.1 Å². The average molecular weight is 279 g/mol. The fraction of sp³-hybridized carbons (Fsp3) is 0.357. The molecule has 0 radical (unpaired) electrons. The van der Waals surface area contributed by atoms with E-state index < -0.39 is 0 Å². The Kier molecular flexibility index (Phi) is 4.45. The number of nitrogens with zero attached hydrogens (tertiary/aromatic N) is 3. The van der Waals surface area contributed by atoms with Gasteiger partial charge in [0.15, 0.2) is 0 Å². The van der Waals surface area contributed by atoms with Crippen molar-refractivity contribution in [3.63, 3.8) is 0 Å². The van der Waals surface area contributed by atoms with Crippen LogP contribution in [0.5, 0.6) is 0 Å². The molecule has 1 heterocycles. The predicted molar refractivity (Wildman–Crippen MR) is 79.5 cm³/mol. The molecular formula is C14H19ClN4. The molecule has 0 amide bonds. The summed E-state index contributed by atoms with van der Waals surface area (Å²) in [6.07, 6.45) is 3.77. The molecule has 0 aliphatic carbocycles. The monoisotopic (exact) mass is 278 g/mol. The van der Waals surface area contributed by atoms with E-state index in [0.29, 0.717) is 0 Å². The number of hydrogen-bond acceptors (Lipinski definition) is 3. The molecule has 0 aliphatic heterocycles. The molecule has 2 rings (SSSR count). The van der Waals surface area contributed by atoms with Gasteiger partial charge in [0.2, 0.25) is 0 Å². The molecule has 4 nitrogen and oxygen atoms in total. The first-order valence-corrected chi connectivity index (χ1v) is 6.60. The minimum atomic E-state index is 0.750. The largest absolute Gasteiger partial charge is 0.367 e. The summed E-state index contributed by atoms with van der Waals surface area (Å²) in [7, 11) is 5.98. The smallest absolute Gasteiger partial charge is 0.127 e. The summed E-state index contributed by atoms with van der Waals surface area (Å²) in [6, 6.07) is 5.99. The van der Waals surface area contributed by atoms with Gasteiger partial charge < -0.3 is 14.8 Å². The SMILES string of the molecule is CNCc1c(Cl)cccc1N(C)Cc1nccn1C. The number of imidazole rings is 1. The lowest BCUT2D eigenvalue weighted by Gasteiger charge is -2.23. The van der Waals surface area contributed by atoms with Gasteiger partial charge in [-0.05, 0) is 19.2 Å². The highest BCUT2D eigenvalue weighted by atomic mass is 35.5. The van der Waals surface area contributed by atoms with Crippen molar-refractivity contribution in [3.05, 3.63) is 47.0 Å². The van der Waals surface area contributed by atoms with Gasteiger partial charge in [-0.3, -0.25) is 0 Å². The fourth-order valence-corrected chi connectivity index (χ4v) is 2.34. The number of nitrogens with one attached hydrogen (secondary N) is 1. The van der Waals surface area contributed by atoms with Crippen LogP contribution in [0.3, 0.4) is 0 Å². The third-order valence-electron chi connectivity index (χ3n) is 3.16. The van der Waals surface area contributed by atoms with Crippen molar-refractivity contribution in [1.82, 2.24) is 14.9 Å². The molecule has 0 spiro atoms. The van der Waals surface area contributed by atoms with Gasteiger partial charge in [-0.15, -0.1) is 0 Å². The molecule has 1 N–H and O–H groups in total. The molecule has 0 saturated carbocycles. The molecule has 102 valence electrons. The number of anilines is 1. The zero-order valence-electron chi connectivity index (χ0n) is 11.5. The number of benzene rings is 1. The van der Waals surface area contributed by atoms with Crippen LogP contribution in [0.25, 0.3) is 0 Å². The lowest BCUT2D eigenvalue weighted by atomic mass is 10.1. The van der Waals surface area contributed by atoms with E-state index in [0.717, 1.165) is 35.2 Å². The van der Waals surface area contributed by atoms with Crippen LogP contribution in [-0.4, -0.2) is 23.6 Å². The highest BCUT2D eigenvalue weighted by Crippen LogP contribution is 2.27. The van der Waals surface area contributed by atoms with Crippen LogP contribution in [0, 0.1) is 0 Å². The second-order valence-electron chi connectivity index (χ2n) is 4.58. The van der Waals surface area contributed by atoms with E-state index in [-0.39, 0.29) is 0 Å². The van der Waals surface area contributed by atoms with Crippen LogP contribution in [0.1, 0.15) is 11.4 Å². The van der Waals surface area contributed by atoms with Gasteiger partial charge in [-0.25, -0.2) is 4.98 Å². The summed E-state index contributed by atoms with van der Waals surface area (Å²) >= 11 is 6.28. The number of hydrogen-bond donors (Lipinski definition) is 1. The molecule has 0 atom stereocenters. The minimum absolute atomic E-state index is 0.750. The lowest BCUT2D eigenvalue weighted by Crippen LogP contribution is -2.21. The van der Waals surface area contributed by atoms with E-state index in [1.54, 1.807) is 0 Å². The van der Waals surface area contributed by atoms with E-state index in [1.165, 1.54) is 0 Å². The fourth-order valence-electron chi connectivity index (χ4n) is 2.10. The number of aryl methyl sites for hydroxylation is 1. The van der Waals surface area contributed by atoms with Crippen LogP contribution in [0.2, 0.25) is 5.02 Å². The summed E-state index contributed by atoms with van der Waals surface area (Å²) in [5.74, 6) is 1.03. The molecule has 19 heavy (non-hydrogen) atoms. The van der Waals surface area contributed by atoms with Crippen molar-refractivity contribution < 1.29 is 0 Å². The maximum atomic E-state index is 6.28. The van der Waals surface area contributed by atoms with Gasteiger partial charge in [-0.1, -0.05) is 17.7 Å². The topological polar surface area (TPSA) is 33.1 Å². The lowest BCUT2D eigenvalue weighted by molar-refractivity contribution is 0.752. The maximum Gasteiger partial charge on any atom is 0.127 e. The Balaban J connectivity index is 2.26. The Bertz CT molecular complexity index is 550. The van der Waals surface area contributed by atoms with Crippen molar-refractivity contribution in [3.8, 4) is 0 Å². The molecule has 1 aromatic heterocycles. The van der Waals surface area contributed by atoms with E-state index in [1.807, 2.05) is 43.2 Å². The third-order valence-corrected chi connectivity index (χ3v) is 3.51. The molecule has 1 aromatic carbocycles. The second-order valence-corrected chi connectivity index (χ2v) is 4.99. The first-order valence-electron chi connectivity index (χ1n) is 6.22. The Hall–Kier alpha value is -1.52. The van der Waals surface area contributed by atoms with Gasteiger partial charge in [0.25, 0.3) is 0 Å². The summed E-state index contributed by atoms with van der Waals surface area (Å²) < 4.78 is 2.03. The molecule has 2 aromatic rings. The minimum Gasteiger partial charge on any atom is -0.367 e. The van der Waals surface area contributed by atoms with Crippen molar-refractivity contribution in [1.29, 1.82) is 0 Å². The summed E-state index contributed by atoms with van der Waals surface area (Å²) in [5.41, 5.74) is 2.24. The highest BCUT2D eigenvalue weighted by molar-refractivity contribution is 6.31. The molecule has 5 heteroatoms. The van der Waals surface area contributed by atoms with E-state index in [9.17, 15) is 0 Å². The van der Waals surface area contributed by atoms with Crippen LogP contribution >= 0.6 is 11.6 Å². The van der Waals surface area contributed by atoms with Gasteiger partial charge in [-0.2, -0.15) is 0 Å². The summed E-state index contributed by atoms with van der Waals surface area (Å²) in [6.45, 7) is 1.50. The Labute approximate surface area is 119 Å². The molecular weight excluding hydrogens is 260 g/mol. The highest BCUT2D eigenvalue weighted by Gasteiger charge is 2.12. The molecule has 0 unspecified atom stereocenters. The average Bonchev–Trinajstić information content (AvgIpc) is 2.78. The van der Waals surface area contributed by atoms with E-state index in [2.05, 4.69) is 28.3 Å². The summed E-state index contributed by atoms with van der Waals surface area (Å²) in [5, 5.41) is 3.95. The molecule has 0 aliphatic rings. The first-order chi connectivity index (χ1) is 9.13. The second kappa shape index (κ2) is 6.08. The molecule has 0 saturated heterocycles. The number of aromatic nitrogens is 2. The standard InChI is InChI=1S/C14H19ClN4/c1-16-9-11-12(15)5-4-6-13(11)19(3)10-14-17-7-8-18(14)2/h4-8,16H,9-10H2,1-3H3. The zero-order chi connectivity index (χ0) is 13.8. The van der Waals surface area contributed by atoms with Crippen molar-refractivity contribution in [2.75, 3.05) is 19.0 Å². The number of rotatable bonds is 5. The Morgan fingerprint density at radius 2 is 2.21 bits per heavy atom. The predicted octanol–water partition coefficient (Wildman–Crippen LogP) is 2.43. The molecule has 0 fully saturated rings. The van der Waals surface area contributed by atoms with Crippen molar-refractivity contribution in [2.24, 2.45) is 7.05 Å². The van der Waals surface area contributed by atoms with Gasteiger partial charge in [0.05, 0.1) is 6.54 Å². The van der Waals surface area contributed by atoms with Crippen molar-refractivity contribution >= 4 is 17.3 Å². The van der Waals surface area contributed by atoms with Crippen LogP contribution < -0.4 is 10.2 Å². The van der Waals surface area contributed by atoms with Gasteiger partial charge >= 0.3 is 0 Å². The zero-order valence-corrected chi connectivity index (χ0v) is 12.3. The quantitative estimate of drug-likeness (QED) is 0.912. The third kappa shape index (κ3) is 3.08. The van der Waals surface area contributed by atoms with E-state index >= 15 is 0 Å². The maximum absolute atomic E-state index is 6.28. The molecule has 0 bridgehead atoms. The van der Waals surface area contributed by atoms with Crippen LogP contribution in [-0.2, 0) is 20.1 Å². The van der Waals surface area contributed by atoms with Crippen LogP contribution in [0.15, 0.2) is 30.6 Å². The number of halogens is 1.